The van der Waals surface area contributed by atoms with E-state index in [-0.39, 0.29) is 6.10 Å². The Morgan fingerprint density at radius 1 is 1.21 bits per heavy atom. The predicted molar refractivity (Wildman–Crippen MR) is 69.5 cm³/mol. The van der Waals surface area contributed by atoms with E-state index < -0.39 is 11.4 Å². The molecule has 0 aromatic heterocycles. The molecule has 1 saturated carbocycles. The molecule has 0 amide bonds. The van der Waals surface area contributed by atoms with E-state index >= 15 is 0 Å². The number of ether oxygens (including phenoxy) is 2. The van der Waals surface area contributed by atoms with E-state index in [0.29, 0.717) is 0 Å². The van der Waals surface area contributed by atoms with Crippen LogP contribution in [0.25, 0.3) is 0 Å². The molecule has 4 heteroatoms. The van der Waals surface area contributed by atoms with Crippen LogP contribution >= 0.6 is 0 Å². The zero-order chi connectivity index (χ0) is 13.3. The molecule has 1 aliphatic carbocycles. The van der Waals surface area contributed by atoms with Crippen molar-refractivity contribution < 1.29 is 19.4 Å². The Hall–Kier alpha value is -1.55. The second-order valence-electron chi connectivity index (χ2n) is 5.34. The largest absolute Gasteiger partial charge is 0.490 e. The Morgan fingerprint density at radius 2 is 1.84 bits per heavy atom. The van der Waals surface area contributed by atoms with E-state index in [1.54, 1.807) is 0 Å². The van der Waals surface area contributed by atoms with Gasteiger partial charge in [-0.3, -0.25) is 4.79 Å². The first-order valence-electron chi connectivity index (χ1n) is 6.79. The van der Waals surface area contributed by atoms with Gasteiger partial charge in [0.25, 0.3) is 0 Å². The molecule has 0 radical (unpaired) electrons. The summed E-state index contributed by atoms with van der Waals surface area (Å²) < 4.78 is 11.2. The smallest absolute Gasteiger partial charge is 0.314 e. The molecule has 2 fully saturated rings. The number of carbonyl (C=O) groups is 1. The Kier molecular flexibility index (Phi) is 3.19. The van der Waals surface area contributed by atoms with Crippen molar-refractivity contribution >= 4 is 5.97 Å². The highest BCUT2D eigenvalue weighted by Gasteiger charge is 2.51. The molecular weight excluding hydrogens is 244 g/mol. The Labute approximate surface area is 112 Å². The van der Waals surface area contributed by atoms with Crippen molar-refractivity contribution in [3.63, 3.8) is 0 Å². The summed E-state index contributed by atoms with van der Waals surface area (Å²) in [6.07, 6.45) is 3.53. The predicted octanol–water partition coefficient (Wildman–Crippen LogP) is 2.36. The molecule has 0 spiro atoms. The Bertz CT molecular complexity index is 456. The van der Waals surface area contributed by atoms with Gasteiger partial charge in [0.05, 0.1) is 18.6 Å². The quantitative estimate of drug-likeness (QED) is 0.905. The van der Waals surface area contributed by atoms with Crippen LogP contribution in [0.15, 0.2) is 24.3 Å². The SMILES string of the molecule is O=C(O)C1(c2ccc(OC3CCOCC3)cc2)CC1. The minimum absolute atomic E-state index is 0.217. The monoisotopic (exact) mass is 262 g/mol. The van der Waals surface area contributed by atoms with Crippen molar-refractivity contribution in [3.8, 4) is 5.75 Å². The number of aliphatic carboxylic acids is 1. The van der Waals surface area contributed by atoms with Gasteiger partial charge in [-0.1, -0.05) is 12.1 Å². The average Bonchev–Trinajstić information content (AvgIpc) is 3.22. The molecule has 1 aliphatic heterocycles. The summed E-state index contributed by atoms with van der Waals surface area (Å²) in [5, 5.41) is 9.24. The van der Waals surface area contributed by atoms with Gasteiger partial charge >= 0.3 is 5.97 Å². The summed E-state index contributed by atoms with van der Waals surface area (Å²) in [7, 11) is 0. The van der Waals surface area contributed by atoms with Gasteiger partial charge in [0, 0.05) is 12.8 Å². The first-order valence-corrected chi connectivity index (χ1v) is 6.79. The number of carboxylic acid groups (broad SMARTS) is 1. The number of rotatable bonds is 4. The molecule has 2 aliphatic rings. The van der Waals surface area contributed by atoms with Crippen LogP contribution in [-0.2, 0) is 14.9 Å². The fourth-order valence-electron chi connectivity index (χ4n) is 2.59. The molecule has 102 valence electrons. The number of carboxylic acids is 1. The van der Waals surface area contributed by atoms with Crippen LogP contribution in [0.4, 0.5) is 0 Å². The van der Waals surface area contributed by atoms with Crippen molar-refractivity contribution in [2.45, 2.75) is 37.2 Å². The third-order valence-corrected chi connectivity index (χ3v) is 4.04. The molecule has 0 atom stereocenters. The van der Waals surface area contributed by atoms with Crippen LogP contribution < -0.4 is 4.74 Å². The molecule has 1 N–H and O–H groups in total. The van der Waals surface area contributed by atoms with Gasteiger partial charge in [0.1, 0.15) is 11.9 Å². The molecule has 0 unspecified atom stereocenters. The fourth-order valence-corrected chi connectivity index (χ4v) is 2.59. The minimum Gasteiger partial charge on any atom is -0.490 e. The molecular formula is C15H18O4. The first-order chi connectivity index (χ1) is 9.21. The van der Waals surface area contributed by atoms with Crippen LogP contribution in [0.2, 0.25) is 0 Å². The van der Waals surface area contributed by atoms with Crippen molar-refractivity contribution in [1.82, 2.24) is 0 Å². The summed E-state index contributed by atoms with van der Waals surface area (Å²) in [4.78, 5) is 11.2. The molecule has 1 aromatic carbocycles. The van der Waals surface area contributed by atoms with Gasteiger partial charge in [0.15, 0.2) is 0 Å². The molecule has 4 nitrogen and oxygen atoms in total. The molecule has 1 heterocycles. The molecule has 1 aromatic rings. The highest BCUT2D eigenvalue weighted by Crippen LogP contribution is 2.48. The van der Waals surface area contributed by atoms with Gasteiger partial charge in [-0.15, -0.1) is 0 Å². The van der Waals surface area contributed by atoms with Gasteiger partial charge < -0.3 is 14.6 Å². The maximum Gasteiger partial charge on any atom is 0.314 e. The van der Waals surface area contributed by atoms with E-state index in [2.05, 4.69) is 0 Å². The van der Waals surface area contributed by atoms with Crippen LogP contribution in [0.5, 0.6) is 5.75 Å². The highest BCUT2D eigenvalue weighted by molar-refractivity contribution is 5.84. The highest BCUT2D eigenvalue weighted by atomic mass is 16.5. The fraction of sp³-hybridized carbons (Fsp3) is 0.533. The zero-order valence-corrected chi connectivity index (χ0v) is 10.8. The van der Waals surface area contributed by atoms with Crippen LogP contribution in [0, 0.1) is 0 Å². The molecule has 3 rings (SSSR count). The molecule has 19 heavy (non-hydrogen) atoms. The third kappa shape index (κ3) is 2.45. The molecule has 0 bridgehead atoms. The molecule has 1 saturated heterocycles. The van der Waals surface area contributed by atoms with Crippen LogP contribution in [0.1, 0.15) is 31.2 Å². The first kappa shape index (κ1) is 12.5. The standard InChI is InChI=1S/C15H18O4/c16-14(17)15(7-8-15)11-1-3-12(4-2-11)19-13-5-9-18-10-6-13/h1-4,13H,5-10H2,(H,16,17). The van der Waals surface area contributed by atoms with Crippen LogP contribution in [-0.4, -0.2) is 30.4 Å². The lowest BCUT2D eigenvalue weighted by Gasteiger charge is -2.23. The lowest BCUT2D eigenvalue weighted by molar-refractivity contribution is -0.140. The zero-order valence-electron chi connectivity index (χ0n) is 10.8. The average molecular weight is 262 g/mol. The Balaban J connectivity index is 1.67. The van der Waals surface area contributed by atoms with Crippen molar-refractivity contribution in [2.75, 3.05) is 13.2 Å². The lowest BCUT2D eigenvalue weighted by atomic mass is 9.96. The summed E-state index contributed by atoms with van der Waals surface area (Å²) in [6, 6.07) is 7.53. The van der Waals surface area contributed by atoms with Crippen molar-refractivity contribution in [1.29, 1.82) is 0 Å². The summed E-state index contributed by atoms with van der Waals surface area (Å²) in [5.74, 6) is 0.0995. The van der Waals surface area contributed by atoms with E-state index in [9.17, 15) is 9.90 Å². The maximum atomic E-state index is 11.2. The van der Waals surface area contributed by atoms with E-state index in [4.69, 9.17) is 9.47 Å². The van der Waals surface area contributed by atoms with Crippen molar-refractivity contribution in [3.05, 3.63) is 29.8 Å². The summed E-state index contributed by atoms with van der Waals surface area (Å²) >= 11 is 0. The number of hydrogen-bond donors (Lipinski definition) is 1. The minimum atomic E-state index is -0.717. The number of benzene rings is 1. The Morgan fingerprint density at radius 3 is 2.37 bits per heavy atom. The van der Waals surface area contributed by atoms with E-state index in [1.165, 1.54) is 0 Å². The van der Waals surface area contributed by atoms with Gasteiger partial charge in [-0.2, -0.15) is 0 Å². The second kappa shape index (κ2) is 4.85. The topological polar surface area (TPSA) is 55.8 Å². The van der Waals surface area contributed by atoms with Gasteiger partial charge in [-0.05, 0) is 30.5 Å². The van der Waals surface area contributed by atoms with Crippen LogP contribution in [0.3, 0.4) is 0 Å². The third-order valence-electron chi connectivity index (χ3n) is 4.04. The normalized spacial score (nSPS) is 21.9. The number of hydrogen-bond acceptors (Lipinski definition) is 3. The summed E-state index contributed by atoms with van der Waals surface area (Å²) in [6.45, 7) is 1.51. The van der Waals surface area contributed by atoms with Crippen molar-refractivity contribution in [2.24, 2.45) is 0 Å². The lowest BCUT2D eigenvalue weighted by Crippen LogP contribution is -2.26. The maximum absolute atomic E-state index is 11.2. The van der Waals surface area contributed by atoms with E-state index in [0.717, 1.165) is 50.2 Å². The van der Waals surface area contributed by atoms with E-state index in [1.807, 2.05) is 24.3 Å². The summed E-state index contributed by atoms with van der Waals surface area (Å²) in [5.41, 5.74) is 0.260. The van der Waals surface area contributed by atoms with Gasteiger partial charge in [-0.25, -0.2) is 0 Å². The van der Waals surface area contributed by atoms with Gasteiger partial charge in [0.2, 0.25) is 0 Å². The second-order valence-corrected chi connectivity index (χ2v) is 5.34.